The summed E-state index contributed by atoms with van der Waals surface area (Å²) in [5.74, 6) is -0.0115. The first-order valence-corrected chi connectivity index (χ1v) is 8.77. The molecule has 28 heavy (non-hydrogen) atoms. The van der Waals surface area contributed by atoms with Crippen LogP contribution in [0, 0.1) is 0 Å². The van der Waals surface area contributed by atoms with Gasteiger partial charge in [-0.1, -0.05) is 47.1 Å². The maximum atomic E-state index is 12.0. The molecular weight excluding hydrogens is 380 g/mol. The normalized spacial score (nSPS) is 10.8. The topological polar surface area (TPSA) is 94.8 Å². The van der Waals surface area contributed by atoms with Crippen LogP contribution in [0.25, 0.3) is 11.2 Å². The summed E-state index contributed by atoms with van der Waals surface area (Å²) in [5.41, 5.74) is 2.87. The summed E-state index contributed by atoms with van der Waals surface area (Å²) in [6, 6.07) is 14.5. The fraction of sp³-hybridized carbons (Fsp3) is 0.105. The van der Waals surface area contributed by atoms with E-state index < -0.39 is 5.97 Å². The number of nitrogens with one attached hydrogen (secondary N) is 1. The van der Waals surface area contributed by atoms with Crippen molar-refractivity contribution < 1.29 is 9.53 Å². The summed E-state index contributed by atoms with van der Waals surface area (Å²) in [4.78, 5) is 20.5. The van der Waals surface area contributed by atoms with E-state index >= 15 is 0 Å². The van der Waals surface area contributed by atoms with Crippen LogP contribution in [0.15, 0.2) is 54.9 Å². The molecule has 2 heterocycles. The molecule has 0 atom stereocenters. The summed E-state index contributed by atoms with van der Waals surface area (Å²) in [5, 5.41) is 12.2. The minimum Gasteiger partial charge on any atom is -0.465 e. The second-order valence-corrected chi connectivity index (χ2v) is 6.30. The highest BCUT2D eigenvalue weighted by Gasteiger charge is 2.16. The van der Waals surface area contributed by atoms with Crippen molar-refractivity contribution in [1.29, 1.82) is 0 Å². The smallest absolute Gasteiger partial charge is 0.339 e. The molecule has 140 valence electrons. The van der Waals surface area contributed by atoms with Gasteiger partial charge in [-0.05, 0) is 23.8 Å². The Kier molecular flexibility index (Phi) is 4.86. The van der Waals surface area contributed by atoms with Gasteiger partial charge in [0.05, 0.1) is 24.9 Å². The molecule has 0 spiro atoms. The van der Waals surface area contributed by atoms with E-state index in [1.165, 1.54) is 13.4 Å². The van der Waals surface area contributed by atoms with Crippen LogP contribution in [0.2, 0.25) is 5.02 Å². The number of nitrogens with zero attached hydrogens (tertiary/aromatic N) is 5. The van der Waals surface area contributed by atoms with Gasteiger partial charge in [0.2, 0.25) is 0 Å². The Morgan fingerprint density at radius 2 is 1.93 bits per heavy atom. The number of carbonyl (C=O) groups excluding carboxylic acids is 1. The SMILES string of the molecule is COC(=O)c1ccccc1Nc1ncnc2c1nnn2Cc1ccccc1Cl. The first kappa shape index (κ1) is 17.9. The number of aromatic nitrogens is 5. The minimum atomic E-state index is -0.448. The predicted molar refractivity (Wildman–Crippen MR) is 105 cm³/mol. The molecule has 0 amide bonds. The second-order valence-electron chi connectivity index (χ2n) is 5.90. The van der Waals surface area contributed by atoms with E-state index in [9.17, 15) is 4.79 Å². The fourth-order valence-electron chi connectivity index (χ4n) is 2.79. The van der Waals surface area contributed by atoms with Gasteiger partial charge in [0.1, 0.15) is 6.33 Å². The van der Waals surface area contributed by atoms with Crippen LogP contribution in [0.5, 0.6) is 0 Å². The van der Waals surface area contributed by atoms with Gasteiger partial charge in [-0.15, -0.1) is 5.10 Å². The summed E-state index contributed by atoms with van der Waals surface area (Å²) < 4.78 is 6.48. The molecule has 0 saturated heterocycles. The number of benzene rings is 2. The number of methoxy groups -OCH3 is 1. The highest BCUT2D eigenvalue weighted by Crippen LogP contribution is 2.25. The van der Waals surface area contributed by atoms with Crippen LogP contribution in [-0.4, -0.2) is 38.0 Å². The second kappa shape index (κ2) is 7.61. The van der Waals surface area contributed by atoms with Crippen molar-refractivity contribution >= 4 is 40.2 Å². The Morgan fingerprint density at radius 1 is 1.14 bits per heavy atom. The summed E-state index contributed by atoms with van der Waals surface area (Å²) in [7, 11) is 1.34. The maximum absolute atomic E-state index is 12.0. The molecule has 0 radical (unpaired) electrons. The standard InChI is InChI=1S/C19H15ClN6O2/c1-28-19(27)13-7-3-5-9-15(13)23-17-16-18(22-11-21-17)26(25-24-16)10-12-6-2-4-8-14(12)20/h2-9,11H,10H2,1H3,(H,21,22,23). The highest BCUT2D eigenvalue weighted by atomic mass is 35.5. The molecule has 2 aromatic heterocycles. The molecule has 9 heteroatoms. The monoisotopic (exact) mass is 394 g/mol. The van der Waals surface area contributed by atoms with E-state index in [0.29, 0.717) is 39.8 Å². The quantitative estimate of drug-likeness (QED) is 0.518. The van der Waals surface area contributed by atoms with Gasteiger partial charge in [-0.2, -0.15) is 0 Å². The van der Waals surface area contributed by atoms with Gasteiger partial charge >= 0.3 is 5.97 Å². The van der Waals surface area contributed by atoms with E-state index in [1.807, 2.05) is 24.3 Å². The first-order valence-electron chi connectivity index (χ1n) is 8.39. The molecule has 0 bridgehead atoms. The van der Waals surface area contributed by atoms with Gasteiger partial charge in [0.15, 0.2) is 17.0 Å². The highest BCUT2D eigenvalue weighted by molar-refractivity contribution is 6.31. The van der Waals surface area contributed by atoms with Crippen molar-refractivity contribution in [2.24, 2.45) is 0 Å². The van der Waals surface area contributed by atoms with E-state index in [2.05, 4.69) is 25.6 Å². The number of rotatable bonds is 5. The number of ether oxygens (including phenoxy) is 1. The Morgan fingerprint density at radius 3 is 2.75 bits per heavy atom. The lowest BCUT2D eigenvalue weighted by atomic mass is 10.2. The lowest BCUT2D eigenvalue weighted by Gasteiger charge is -2.10. The van der Waals surface area contributed by atoms with Crippen LogP contribution < -0.4 is 5.32 Å². The molecule has 0 fully saturated rings. The molecule has 4 aromatic rings. The minimum absolute atomic E-state index is 0.389. The van der Waals surface area contributed by atoms with Gasteiger partial charge in [0, 0.05) is 5.02 Å². The number of esters is 1. The first-order chi connectivity index (χ1) is 13.7. The third-order valence-electron chi connectivity index (χ3n) is 4.16. The van der Waals surface area contributed by atoms with Crippen LogP contribution in [-0.2, 0) is 11.3 Å². The zero-order valence-corrected chi connectivity index (χ0v) is 15.6. The van der Waals surface area contributed by atoms with Gasteiger partial charge in [0.25, 0.3) is 0 Å². The van der Waals surface area contributed by atoms with E-state index in [1.54, 1.807) is 28.9 Å². The Bertz CT molecular complexity index is 1160. The van der Waals surface area contributed by atoms with Crippen molar-refractivity contribution in [3.8, 4) is 0 Å². The van der Waals surface area contributed by atoms with Crippen LogP contribution in [0.3, 0.4) is 0 Å². The van der Waals surface area contributed by atoms with Crippen LogP contribution in [0.4, 0.5) is 11.5 Å². The average Bonchev–Trinajstić information content (AvgIpc) is 3.13. The third kappa shape index (κ3) is 3.37. The van der Waals surface area contributed by atoms with E-state index in [4.69, 9.17) is 16.3 Å². The number of hydrogen-bond acceptors (Lipinski definition) is 7. The lowest BCUT2D eigenvalue weighted by Crippen LogP contribution is -2.07. The predicted octanol–water partition coefficient (Wildman–Crippen LogP) is 3.45. The number of hydrogen-bond donors (Lipinski definition) is 1. The molecule has 0 unspecified atom stereocenters. The number of carbonyl (C=O) groups is 1. The molecular formula is C19H15ClN6O2. The van der Waals surface area contributed by atoms with Crippen molar-refractivity contribution in [2.45, 2.75) is 6.54 Å². The number of fused-ring (bicyclic) bond motifs is 1. The van der Waals surface area contributed by atoms with Crippen LogP contribution in [0.1, 0.15) is 15.9 Å². The lowest BCUT2D eigenvalue weighted by molar-refractivity contribution is 0.0602. The largest absolute Gasteiger partial charge is 0.465 e. The van der Waals surface area contributed by atoms with Crippen molar-refractivity contribution in [1.82, 2.24) is 25.0 Å². The molecule has 4 rings (SSSR count). The Labute approximate surface area is 165 Å². The van der Waals surface area contributed by atoms with Crippen LogP contribution >= 0.6 is 11.6 Å². The van der Waals surface area contributed by atoms with Gasteiger partial charge in [-0.25, -0.2) is 19.4 Å². The maximum Gasteiger partial charge on any atom is 0.339 e. The van der Waals surface area contributed by atoms with Crippen molar-refractivity contribution in [3.05, 3.63) is 71.0 Å². The number of halogens is 1. The zero-order chi connectivity index (χ0) is 19.5. The molecule has 8 nitrogen and oxygen atoms in total. The molecule has 2 aromatic carbocycles. The third-order valence-corrected chi connectivity index (χ3v) is 4.53. The average molecular weight is 395 g/mol. The van der Waals surface area contributed by atoms with Crippen molar-refractivity contribution in [3.63, 3.8) is 0 Å². The molecule has 1 N–H and O–H groups in total. The number of anilines is 2. The molecule has 0 saturated carbocycles. The Hall–Kier alpha value is -3.52. The van der Waals surface area contributed by atoms with Gasteiger partial charge < -0.3 is 10.1 Å². The fourth-order valence-corrected chi connectivity index (χ4v) is 2.98. The van der Waals surface area contributed by atoms with E-state index in [0.717, 1.165) is 5.56 Å². The summed E-state index contributed by atoms with van der Waals surface area (Å²) >= 11 is 6.24. The molecule has 0 aliphatic rings. The van der Waals surface area contributed by atoms with Gasteiger partial charge in [-0.3, -0.25) is 0 Å². The molecule has 0 aliphatic heterocycles. The van der Waals surface area contributed by atoms with E-state index in [-0.39, 0.29) is 0 Å². The summed E-state index contributed by atoms with van der Waals surface area (Å²) in [6.07, 6.45) is 1.41. The zero-order valence-electron chi connectivity index (χ0n) is 14.8. The van der Waals surface area contributed by atoms with Crippen molar-refractivity contribution in [2.75, 3.05) is 12.4 Å². The Balaban J connectivity index is 1.70. The molecule has 0 aliphatic carbocycles. The number of para-hydroxylation sites is 1. The summed E-state index contributed by atoms with van der Waals surface area (Å²) in [6.45, 7) is 0.422.